The van der Waals surface area contributed by atoms with Gasteiger partial charge in [0, 0.05) is 12.7 Å². The number of nitrogen functional groups attached to an aromatic ring is 1. The Bertz CT molecular complexity index is 334. The van der Waals surface area contributed by atoms with Crippen LogP contribution >= 0.6 is 0 Å². The standard InChI is InChI=1S/C12H22N4/c1-9(2)12(3,4)8-14-7-11-15-6-5-10(13)16-11/h5-6,9,14H,7-8H2,1-4H3,(H2,13,15,16). The summed E-state index contributed by atoms with van der Waals surface area (Å²) in [7, 11) is 0. The Kier molecular flexibility index (Phi) is 4.24. The van der Waals surface area contributed by atoms with Crippen LogP contribution in [0.25, 0.3) is 0 Å². The van der Waals surface area contributed by atoms with Crippen molar-refractivity contribution in [2.24, 2.45) is 11.3 Å². The summed E-state index contributed by atoms with van der Waals surface area (Å²) in [5.74, 6) is 1.91. The maximum atomic E-state index is 5.59. The van der Waals surface area contributed by atoms with Gasteiger partial charge in [-0.05, 0) is 17.4 Å². The van der Waals surface area contributed by atoms with Gasteiger partial charge in [0.05, 0.1) is 6.54 Å². The zero-order chi connectivity index (χ0) is 12.2. The lowest BCUT2D eigenvalue weighted by molar-refractivity contribution is 0.237. The molecule has 0 amide bonds. The molecule has 0 saturated carbocycles. The van der Waals surface area contributed by atoms with Gasteiger partial charge in [0.1, 0.15) is 11.6 Å². The number of nitrogens with zero attached hydrogens (tertiary/aromatic N) is 2. The topological polar surface area (TPSA) is 63.8 Å². The molecule has 0 bridgehead atoms. The number of aromatic nitrogens is 2. The average molecular weight is 222 g/mol. The summed E-state index contributed by atoms with van der Waals surface area (Å²) in [6.07, 6.45) is 1.69. The largest absolute Gasteiger partial charge is 0.384 e. The van der Waals surface area contributed by atoms with E-state index in [1.807, 2.05) is 0 Å². The molecule has 0 aliphatic rings. The summed E-state index contributed by atoms with van der Waals surface area (Å²) < 4.78 is 0. The van der Waals surface area contributed by atoms with Crippen LogP contribution in [0.5, 0.6) is 0 Å². The van der Waals surface area contributed by atoms with Crippen molar-refractivity contribution in [1.29, 1.82) is 0 Å². The third-order valence-corrected chi connectivity index (χ3v) is 3.15. The summed E-state index contributed by atoms with van der Waals surface area (Å²) in [6.45, 7) is 10.6. The molecule has 4 nitrogen and oxygen atoms in total. The molecule has 0 radical (unpaired) electrons. The zero-order valence-corrected chi connectivity index (χ0v) is 10.6. The SMILES string of the molecule is CC(C)C(C)(C)CNCc1nccc(N)n1. The fourth-order valence-corrected chi connectivity index (χ4v) is 1.20. The zero-order valence-electron chi connectivity index (χ0n) is 10.6. The molecule has 0 spiro atoms. The maximum Gasteiger partial charge on any atom is 0.144 e. The van der Waals surface area contributed by atoms with Crippen LogP contribution in [0.15, 0.2) is 12.3 Å². The second-order valence-electron chi connectivity index (χ2n) is 5.14. The molecule has 0 fully saturated rings. The Labute approximate surface area is 97.7 Å². The number of nitrogens with two attached hydrogens (primary N) is 1. The molecule has 1 heterocycles. The Hall–Kier alpha value is -1.16. The van der Waals surface area contributed by atoms with Crippen LogP contribution in [0.2, 0.25) is 0 Å². The highest BCUT2D eigenvalue weighted by molar-refractivity contribution is 5.24. The van der Waals surface area contributed by atoms with Gasteiger partial charge in [-0.25, -0.2) is 9.97 Å². The molecule has 1 aromatic rings. The molecular weight excluding hydrogens is 200 g/mol. The lowest BCUT2D eigenvalue weighted by Gasteiger charge is -2.29. The predicted molar refractivity (Wildman–Crippen MR) is 66.8 cm³/mol. The van der Waals surface area contributed by atoms with Crippen molar-refractivity contribution in [1.82, 2.24) is 15.3 Å². The van der Waals surface area contributed by atoms with Gasteiger partial charge in [-0.2, -0.15) is 0 Å². The lowest BCUT2D eigenvalue weighted by Crippen LogP contribution is -2.33. The van der Waals surface area contributed by atoms with Crippen LogP contribution in [0, 0.1) is 11.3 Å². The molecule has 1 rings (SSSR count). The Balaban J connectivity index is 2.42. The van der Waals surface area contributed by atoms with E-state index in [4.69, 9.17) is 5.73 Å². The highest BCUT2D eigenvalue weighted by Gasteiger charge is 2.21. The predicted octanol–water partition coefficient (Wildman–Crippen LogP) is 1.83. The first-order valence-corrected chi connectivity index (χ1v) is 5.70. The van der Waals surface area contributed by atoms with E-state index in [2.05, 4.69) is 43.0 Å². The van der Waals surface area contributed by atoms with Crippen molar-refractivity contribution >= 4 is 5.82 Å². The minimum Gasteiger partial charge on any atom is -0.384 e. The molecular formula is C12H22N4. The summed E-state index contributed by atoms with van der Waals surface area (Å²) in [6, 6.07) is 1.70. The van der Waals surface area contributed by atoms with Gasteiger partial charge in [-0.3, -0.25) is 0 Å². The molecule has 1 aromatic heterocycles. The van der Waals surface area contributed by atoms with Crippen molar-refractivity contribution in [3.8, 4) is 0 Å². The highest BCUT2D eigenvalue weighted by Crippen LogP contribution is 2.24. The van der Waals surface area contributed by atoms with Crippen LogP contribution in [0.3, 0.4) is 0 Å². The van der Waals surface area contributed by atoms with E-state index in [0.717, 1.165) is 12.4 Å². The molecule has 0 aliphatic carbocycles. The number of nitrogens with one attached hydrogen (secondary N) is 1. The fourth-order valence-electron chi connectivity index (χ4n) is 1.20. The second-order valence-corrected chi connectivity index (χ2v) is 5.14. The first-order valence-electron chi connectivity index (χ1n) is 5.70. The van der Waals surface area contributed by atoms with E-state index >= 15 is 0 Å². The van der Waals surface area contributed by atoms with Crippen LogP contribution in [-0.4, -0.2) is 16.5 Å². The van der Waals surface area contributed by atoms with Gasteiger partial charge in [-0.15, -0.1) is 0 Å². The highest BCUT2D eigenvalue weighted by atomic mass is 15.0. The smallest absolute Gasteiger partial charge is 0.144 e. The summed E-state index contributed by atoms with van der Waals surface area (Å²) in [5.41, 5.74) is 5.86. The van der Waals surface area contributed by atoms with E-state index in [-0.39, 0.29) is 5.41 Å². The minimum absolute atomic E-state index is 0.278. The van der Waals surface area contributed by atoms with Crippen LogP contribution in [-0.2, 0) is 6.54 Å². The van der Waals surface area contributed by atoms with Crippen LogP contribution in [0.1, 0.15) is 33.5 Å². The molecule has 0 aromatic carbocycles. The third kappa shape index (κ3) is 3.77. The van der Waals surface area contributed by atoms with E-state index < -0.39 is 0 Å². The van der Waals surface area contributed by atoms with Crippen molar-refractivity contribution in [3.63, 3.8) is 0 Å². The van der Waals surface area contributed by atoms with E-state index in [9.17, 15) is 0 Å². The van der Waals surface area contributed by atoms with E-state index in [1.54, 1.807) is 12.3 Å². The van der Waals surface area contributed by atoms with Crippen molar-refractivity contribution < 1.29 is 0 Å². The van der Waals surface area contributed by atoms with Gasteiger partial charge < -0.3 is 11.1 Å². The minimum atomic E-state index is 0.278. The Morgan fingerprint density at radius 3 is 2.69 bits per heavy atom. The normalized spacial score (nSPS) is 12.1. The first-order chi connectivity index (χ1) is 7.42. The Morgan fingerprint density at radius 1 is 1.44 bits per heavy atom. The van der Waals surface area contributed by atoms with E-state index in [0.29, 0.717) is 18.3 Å². The van der Waals surface area contributed by atoms with Crippen molar-refractivity contribution in [2.75, 3.05) is 12.3 Å². The van der Waals surface area contributed by atoms with Gasteiger partial charge >= 0.3 is 0 Å². The van der Waals surface area contributed by atoms with Gasteiger partial charge in [0.2, 0.25) is 0 Å². The number of rotatable bonds is 5. The van der Waals surface area contributed by atoms with Gasteiger partial charge in [0.15, 0.2) is 0 Å². The third-order valence-electron chi connectivity index (χ3n) is 3.15. The summed E-state index contributed by atoms with van der Waals surface area (Å²) >= 11 is 0. The number of hydrogen-bond acceptors (Lipinski definition) is 4. The molecule has 0 aliphatic heterocycles. The maximum absolute atomic E-state index is 5.59. The van der Waals surface area contributed by atoms with Crippen molar-refractivity contribution in [3.05, 3.63) is 18.1 Å². The summed E-state index contributed by atoms with van der Waals surface area (Å²) in [4.78, 5) is 8.29. The van der Waals surface area contributed by atoms with Gasteiger partial charge in [-0.1, -0.05) is 27.7 Å². The van der Waals surface area contributed by atoms with Gasteiger partial charge in [0.25, 0.3) is 0 Å². The van der Waals surface area contributed by atoms with Crippen LogP contribution in [0.4, 0.5) is 5.82 Å². The van der Waals surface area contributed by atoms with Crippen molar-refractivity contribution in [2.45, 2.75) is 34.2 Å². The average Bonchev–Trinajstić information content (AvgIpc) is 2.17. The Morgan fingerprint density at radius 2 is 2.12 bits per heavy atom. The van der Waals surface area contributed by atoms with Crippen LogP contribution < -0.4 is 11.1 Å². The molecule has 0 atom stereocenters. The number of anilines is 1. The monoisotopic (exact) mass is 222 g/mol. The molecule has 90 valence electrons. The summed E-state index contributed by atoms with van der Waals surface area (Å²) in [5, 5.41) is 3.37. The number of hydrogen-bond donors (Lipinski definition) is 2. The second kappa shape index (κ2) is 5.25. The van der Waals surface area contributed by atoms with E-state index in [1.165, 1.54) is 0 Å². The lowest BCUT2D eigenvalue weighted by atomic mass is 9.81. The first kappa shape index (κ1) is 12.9. The molecule has 3 N–H and O–H groups in total. The quantitative estimate of drug-likeness (QED) is 0.797. The molecule has 0 saturated heterocycles. The molecule has 16 heavy (non-hydrogen) atoms. The molecule has 0 unspecified atom stereocenters. The fraction of sp³-hybridized carbons (Fsp3) is 0.667. The molecule has 4 heteroatoms.